The molecule has 3 aromatic heterocycles. The molecule has 4 N–H and O–H groups in total. The molecule has 0 spiro atoms. The number of benzene rings is 2. The maximum Gasteiger partial charge on any atom is 0.508 e. The van der Waals surface area contributed by atoms with Gasteiger partial charge in [-0.2, -0.15) is 0 Å². The quantitative estimate of drug-likeness (QED) is 0.0454. The highest BCUT2D eigenvalue weighted by Gasteiger charge is 2.47. The summed E-state index contributed by atoms with van der Waals surface area (Å²) >= 11 is 1.57. The number of nitrogen functional groups attached to an aromatic ring is 1. The largest absolute Gasteiger partial charge is 0.508 e. The number of ether oxygens (including phenoxy) is 4. The second-order valence-electron chi connectivity index (χ2n) is 25.5. The minimum atomic E-state index is -3.47. The van der Waals surface area contributed by atoms with E-state index in [9.17, 15) is 23.1 Å². The van der Waals surface area contributed by atoms with E-state index in [1.54, 1.807) is 23.5 Å². The molecule has 0 radical (unpaired) electrons. The van der Waals surface area contributed by atoms with Gasteiger partial charge in [0.2, 0.25) is 23.6 Å². The van der Waals surface area contributed by atoms with Crippen LogP contribution in [0.25, 0.3) is 21.7 Å². The molecule has 11 rings (SSSR count). The molecular formula is C65H85N13O10S3. The molecule has 2 aromatic carbocycles. The van der Waals surface area contributed by atoms with Crippen molar-refractivity contribution in [3.05, 3.63) is 101 Å². The Morgan fingerprint density at radius 3 is 2.36 bits per heavy atom. The molecule has 5 saturated heterocycles. The van der Waals surface area contributed by atoms with Crippen LogP contribution >= 0.6 is 22.1 Å². The Hall–Kier alpha value is -7.10. The highest BCUT2D eigenvalue weighted by atomic mass is 33.1. The maximum absolute atomic E-state index is 15.0. The van der Waals surface area contributed by atoms with Crippen LogP contribution in [0.15, 0.2) is 95.1 Å². The number of hydrogen-bond donors (Lipinski definition) is 3. The Kier molecular flexibility index (Phi) is 20.4. The van der Waals surface area contributed by atoms with Gasteiger partial charge in [0.05, 0.1) is 57.3 Å². The lowest BCUT2D eigenvalue weighted by molar-refractivity contribution is -0.142. The van der Waals surface area contributed by atoms with Gasteiger partial charge < -0.3 is 54.7 Å². The Balaban J connectivity index is 0.660. The van der Waals surface area contributed by atoms with Crippen LogP contribution in [0, 0.1) is 18.8 Å². The molecule has 2 amide bonds. The number of aromatic hydroxyl groups is 1. The molecule has 91 heavy (non-hydrogen) atoms. The Morgan fingerprint density at radius 2 is 1.66 bits per heavy atom. The monoisotopic (exact) mass is 1300 g/mol. The van der Waals surface area contributed by atoms with Gasteiger partial charge in [0.25, 0.3) is 0 Å². The molecule has 6 aliphatic heterocycles. The van der Waals surface area contributed by atoms with Crippen molar-refractivity contribution < 1.29 is 46.9 Å². The van der Waals surface area contributed by atoms with Crippen molar-refractivity contribution in [2.45, 2.75) is 108 Å². The zero-order valence-corrected chi connectivity index (χ0v) is 55.4. The summed E-state index contributed by atoms with van der Waals surface area (Å²) in [6.07, 6.45) is 6.13. The molecule has 7 atom stereocenters. The minimum Gasteiger partial charge on any atom is -0.507 e. The number of piperazine rings is 2. The van der Waals surface area contributed by atoms with E-state index in [4.69, 9.17) is 29.7 Å². The molecule has 488 valence electrons. The average molecular weight is 1300 g/mol. The Morgan fingerprint density at radius 1 is 0.912 bits per heavy atom. The van der Waals surface area contributed by atoms with E-state index in [2.05, 4.69) is 69.0 Å². The molecule has 5 fully saturated rings. The number of carbonyl (C=O) groups is 3. The third-order valence-electron chi connectivity index (χ3n) is 18.6. The topological polar surface area (TPSA) is 264 Å². The number of aromatic nitrogens is 4. The van der Waals surface area contributed by atoms with Crippen molar-refractivity contribution in [2.24, 2.45) is 16.8 Å². The van der Waals surface area contributed by atoms with Crippen LogP contribution in [0.3, 0.4) is 0 Å². The van der Waals surface area contributed by atoms with E-state index in [1.165, 1.54) is 4.90 Å². The summed E-state index contributed by atoms with van der Waals surface area (Å²) in [5, 5.41) is 22.2. The molecule has 9 heterocycles. The molecule has 2 unspecified atom stereocenters. The van der Waals surface area contributed by atoms with Crippen LogP contribution in [0.5, 0.6) is 11.6 Å². The number of anilines is 3. The molecule has 2 bridgehead atoms. The number of carbonyl (C=O) groups excluding carboxylic acids is 3. The summed E-state index contributed by atoms with van der Waals surface area (Å²) in [5.41, 5.74) is 15.0. The molecule has 6 aliphatic rings. The number of piperidine rings is 1. The molecule has 23 nitrogen and oxygen atoms in total. The van der Waals surface area contributed by atoms with E-state index in [-0.39, 0.29) is 67.7 Å². The van der Waals surface area contributed by atoms with Crippen LogP contribution in [0.2, 0.25) is 0 Å². The summed E-state index contributed by atoms with van der Waals surface area (Å²) in [4.78, 5) is 71.1. The number of pyridine rings is 1. The number of para-hydroxylation sites is 1. The first-order valence-corrected chi connectivity index (χ1v) is 35.7. The normalized spacial score (nSPS) is 22.8. The van der Waals surface area contributed by atoms with Gasteiger partial charge in [-0.1, -0.05) is 50.2 Å². The predicted molar refractivity (Wildman–Crippen MR) is 354 cm³/mol. The summed E-state index contributed by atoms with van der Waals surface area (Å²) in [6.45, 7) is 17.9. The van der Waals surface area contributed by atoms with Gasteiger partial charge in [-0.25, -0.2) is 28.2 Å². The van der Waals surface area contributed by atoms with E-state index < -0.39 is 43.9 Å². The first-order valence-electron chi connectivity index (χ1n) is 31.6. The van der Waals surface area contributed by atoms with Crippen LogP contribution in [-0.4, -0.2) is 217 Å². The SMILES string of the molecule is Cc1ncsc1-c1ccc([C@H](C)NC(=O)[C@@H]2C[C@@H](OC(=O)OCC3(SS(C)(=O)=O)CCN(C)CC3)CN2C(=O)[C@@H](C2=CC(OCCN3CCN(CCOc4cc(N5C6CCC5CN(c5cc(-c7ccccc7O)nnc5N)C6)ccn4)[C@H](C)C3)=NC2)C(C)C)cc1. The fourth-order valence-corrected chi connectivity index (χ4v) is 18.2. The van der Waals surface area contributed by atoms with Gasteiger partial charge in [0, 0.05) is 106 Å². The zero-order chi connectivity index (χ0) is 64.1. The van der Waals surface area contributed by atoms with Gasteiger partial charge >= 0.3 is 6.16 Å². The zero-order valence-electron chi connectivity index (χ0n) is 53.0. The highest BCUT2D eigenvalue weighted by molar-refractivity contribution is 8.72. The molecule has 26 heteroatoms. The third-order valence-corrected chi connectivity index (χ3v) is 22.7. The number of aryl methyl sites for hydroxylation is 1. The van der Waals surface area contributed by atoms with Crippen LogP contribution in [0.1, 0.15) is 77.1 Å². The maximum atomic E-state index is 15.0. The van der Waals surface area contributed by atoms with Crippen molar-refractivity contribution in [1.29, 1.82) is 0 Å². The molecule has 0 saturated carbocycles. The molecular weight excluding hydrogens is 1220 g/mol. The highest BCUT2D eigenvalue weighted by Crippen LogP contribution is 2.42. The number of nitrogens with zero attached hydrogens (tertiary/aromatic N) is 11. The summed E-state index contributed by atoms with van der Waals surface area (Å²) in [6, 6.07) is 20.5. The van der Waals surface area contributed by atoms with E-state index in [0.717, 1.165) is 108 Å². The summed E-state index contributed by atoms with van der Waals surface area (Å²) in [7, 11) is -0.683. The number of rotatable bonds is 22. The number of likely N-dealkylation sites (tertiary alicyclic amines) is 2. The van der Waals surface area contributed by atoms with E-state index in [1.807, 2.05) is 95.0 Å². The number of hydrogen-bond acceptors (Lipinski definition) is 23. The predicted octanol–water partition coefficient (Wildman–Crippen LogP) is 7.29. The second-order valence-corrected chi connectivity index (χ2v) is 31.1. The minimum absolute atomic E-state index is 0.0373. The van der Waals surface area contributed by atoms with Crippen molar-refractivity contribution in [1.82, 2.24) is 45.1 Å². The van der Waals surface area contributed by atoms with Crippen LogP contribution in [-0.2, 0) is 32.7 Å². The fourth-order valence-electron chi connectivity index (χ4n) is 13.8. The summed E-state index contributed by atoms with van der Waals surface area (Å²) in [5.74, 6) is 0.0808. The molecule has 5 aromatic rings. The van der Waals surface area contributed by atoms with Crippen LogP contribution in [0.4, 0.5) is 22.0 Å². The van der Waals surface area contributed by atoms with Gasteiger partial charge in [0.15, 0.2) is 14.7 Å². The van der Waals surface area contributed by atoms with Gasteiger partial charge in [0.1, 0.15) is 37.7 Å². The van der Waals surface area contributed by atoms with Crippen molar-refractivity contribution in [3.8, 4) is 33.3 Å². The number of nitrogens with two attached hydrogens (primary N) is 1. The van der Waals surface area contributed by atoms with Crippen LogP contribution < -0.4 is 25.6 Å². The number of amides is 2. The number of aliphatic imine (C=N–C) groups is 1. The average Bonchev–Trinajstić information content (AvgIpc) is 1.76. The summed E-state index contributed by atoms with van der Waals surface area (Å²) < 4.78 is 48.4. The van der Waals surface area contributed by atoms with Gasteiger partial charge in [-0.3, -0.25) is 19.4 Å². The molecule has 0 aliphatic carbocycles. The number of thiazole rings is 1. The van der Waals surface area contributed by atoms with E-state index in [0.29, 0.717) is 74.5 Å². The number of fused-ring (bicyclic) bond motifs is 2. The fraction of sp³-hybridized carbons (Fsp3) is 0.538. The lowest BCUT2D eigenvalue weighted by atomic mass is 9.86. The third kappa shape index (κ3) is 15.7. The van der Waals surface area contributed by atoms with Crippen molar-refractivity contribution in [2.75, 3.05) is 121 Å². The standard InChI is InChI=1S/C65H85N13O10S3/c1-41(2)59(63(81)77-38-51(88-64(82)87-39-65(90-91(7,83)84)19-22-73(6)23-20-65)32-55(77)62(80)70-43(4)45-12-14-46(15-13-45)60-44(5)69-40-89-60)47-30-57(68-34-47)85-28-26-74-24-25-75(42(3)35-74)27-29-86-58-31-48(18-21-67-58)78-49-16-17-50(78)37-76(36-49)54-33-53(71-72-61(54)66)52-10-8-9-11-56(52)79/h8-15,18,21,30-31,33,40-43,49-51,55,59,79H,16-17,19-20,22-29,32,34-39H2,1-7H3,(H2,66,72)(H,70,80)/t42-,43+,49?,50?,51-,55+,59-/m1/s1. The Labute approximate surface area is 541 Å². The Bertz CT molecular complexity index is 3570. The number of phenols is 1. The van der Waals surface area contributed by atoms with Crippen molar-refractivity contribution in [3.63, 3.8) is 0 Å². The first-order chi connectivity index (χ1) is 43.7. The lowest BCUT2D eigenvalue weighted by Crippen LogP contribution is -2.54. The van der Waals surface area contributed by atoms with Crippen molar-refractivity contribution >= 4 is 72.1 Å². The van der Waals surface area contributed by atoms with E-state index >= 15 is 4.79 Å². The van der Waals surface area contributed by atoms with Gasteiger partial charge in [-0.05, 0) is 124 Å². The number of nitrogens with one attached hydrogen (secondary N) is 1. The number of phenolic OH excluding ortho intramolecular Hbond substituents is 1. The van der Waals surface area contributed by atoms with Gasteiger partial charge in [-0.15, -0.1) is 21.5 Å². The first kappa shape index (κ1) is 65.4. The second kappa shape index (κ2) is 28.4. The smallest absolute Gasteiger partial charge is 0.507 e. The lowest BCUT2D eigenvalue weighted by Gasteiger charge is -2.43.